The molecule has 0 unspecified atom stereocenters. The molecule has 1 aliphatic rings. The molecule has 4 rings (SSSR count). The molecule has 0 N–H and O–H groups in total. The van der Waals surface area contributed by atoms with Gasteiger partial charge < -0.3 is 9.32 Å². The van der Waals surface area contributed by atoms with Crippen LogP contribution in [0.1, 0.15) is 27.2 Å². The maximum atomic E-state index is 13.2. The van der Waals surface area contributed by atoms with Crippen molar-refractivity contribution in [2.45, 2.75) is 30.6 Å². The van der Waals surface area contributed by atoms with Crippen molar-refractivity contribution >= 4 is 15.9 Å². The van der Waals surface area contributed by atoms with Crippen molar-refractivity contribution in [3.63, 3.8) is 0 Å². The molecule has 174 valence electrons. The minimum Gasteiger partial charge on any atom is -0.467 e. The summed E-state index contributed by atoms with van der Waals surface area (Å²) >= 11 is 0. The van der Waals surface area contributed by atoms with Gasteiger partial charge in [-0.1, -0.05) is 30.3 Å². The molecule has 0 atom stereocenters. The predicted octanol–water partition coefficient (Wildman–Crippen LogP) is 4.23. The van der Waals surface area contributed by atoms with Crippen molar-refractivity contribution in [2.75, 3.05) is 13.1 Å². The zero-order valence-electron chi connectivity index (χ0n) is 17.5. The maximum absolute atomic E-state index is 13.2. The number of amides is 1. The van der Waals surface area contributed by atoms with E-state index in [1.54, 1.807) is 0 Å². The Morgan fingerprint density at radius 2 is 1.79 bits per heavy atom. The van der Waals surface area contributed by atoms with E-state index in [1.165, 1.54) is 40.9 Å². The molecule has 0 saturated carbocycles. The number of furan rings is 1. The molecule has 6 nitrogen and oxygen atoms in total. The second-order valence-corrected chi connectivity index (χ2v) is 9.68. The molecular formula is C23H21F3N2O4S. The fraction of sp³-hybridized carbons (Fsp3) is 0.261. The number of nitrogens with zero attached hydrogens (tertiary/aromatic N) is 2. The van der Waals surface area contributed by atoms with Crippen molar-refractivity contribution in [2.24, 2.45) is 0 Å². The minimum atomic E-state index is -4.63. The third-order valence-electron chi connectivity index (χ3n) is 5.40. The van der Waals surface area contributed by atoms with E-state index >= 15 is 0 Å². The van der Waals surface area contributed by atoms with Crippen molar-refractivity contribution in [3.8, 4) is 0 Å². The van der Waals surface area contributed by atoms with Gasteiger partial charge in [-0.2, -0.15) is 17.5 Å². The Morgan fingerprint density at radius 1 is 1.03 bits per heavy atom. The van der Waals surface area contributed by atoms with Crippen molar-refractivity contribution in [3.05, 3.63) is 89.4 Å². The first-order valence-corrected chi connectivity index (χ1v) is 11.6. The molecule has 2 heterocycles. The Morgan fingerprint density at radius 3 is 2.48 bits per heavy atom. The van der Waals surface area contributed by atoms with E-state index in [0.29, 0.717) is 11.3 Å². The number of carbonyl (C=O) groups excluding carboxylic acids is 1. The second-order valence-electron chi connectivity index (χ2n) is 7.74. The van der Waals surface area contributed by atoms with Gasteiger partial charge in [-0.15, -0.1) is 0 Å². The van der Waals surface area contributed by atoms with Crippen molar-refractivity contribution < 1.29 is 30.8 Å². The zero-order valence-corrected chi connectivity index (χ0v) is 18.3. The summed E-state index contributed by atoms with van der Waals surface area (Å²) < 4.78 is 72.2. The van der Waals surface area contributed by atoms with Gasteiger partial charge in [0.05, 0.1) is 17.7 Å². The van der Waals surface area contributed by atoms with E-state index in [1.807, 2.05) is 24.3 Å². The Bertz CT molecular complexity index is 1240. The van der Waals surface area contributed by atoms with E-state index in [-0.39, 0.29) is 29.3 Å². The van der Waals surface area contributed by atoms with Crippen LogP contribution in [-0.4, -0.2) is 42.8 Å². The average Bonchev–Trinajstić information content (AvgIpc) is 3.30. The maximum Gasteiger partial charge on any atom is 0.406 e. The summed E-state index contributed by atoms with van der Waals surface area (Å²) in [7, 11) is -3.95. The fourth-order valence-corrected chi connectivity index (χ4v) is 5.27. The third-order valence-corrected chi connectivity index (χ3v) is 7.24. The summed E-state index contributed by atoms with van der Waals surface area (Å²) in [4.78, 5) is 13.4. The Labute approximate surface area is 189 Å². The normalized spacial score (nSPS) is 14.6. The number of fused-ring (bicyclic) bond motifs is 1. The summed E-state index contributed by atoms with van der Waals surface area (Å²) in [6.07, 6.45) is -2.78. The van der Waals surface area contributed by atoms with Gasteiger partial charge in [-0.25, -0.2) is 8.42 Å². The quantitative estimate of drug-likeness (QED) is 0.532. The largest absolute Gasteiger partial charge is 0.467 e. The summed E-state index contributed by atoms with van der Waals surface area (Å²) in [5, 5.41) is 0. The van der Waals surface area contributed by atoms with Crippen LogP contribution in [0.25, 0.3) is 0 Å². The lowest BCUT2D eigenvalue weighted by Crippen LogP contribution is -2.38. The molecule has 0 fully saturated rings. The lowest BCUT2D eigenvalue weighted by molar-refractivity contribution is -0.142. The molecule has 2 aromatic carbocycles. The van der Waals surface area contributed by atoms with Crippen LogP contribution in [-0.2, 0) is 29.5 Å². The molecule has 0 bridgehead atoms. The Balaban J connectivity index is 1.60. The first kappa shape index (κ1) is 23.1. The second kappa shape index (κ2) is 9.03. The highest BCUT2D eigenvalue weighted by Gasteiger charge is 2.34. The summed E-state index contributed by atoms with van der Waals surface area (Å²) in [5.74, 6) is -0.756. The van der Waals surface area contributed by atoms with Gasteiger partial charge >= 0.3 is 6.18 Å². The topological polar surface area (TPSA) is 70.8 Å². The SMILES string of the molecule is O=C(c1cccc(S(=O)(=O)N2CCc3ccccc3C2)c1)N(Cc1ccco1)CC(F)(F)F. The van der Waals surface area contributed by atoms with E-state index in [9.17, 15) is 26.4 Å². The van der Waals surface area contributed by atoms with Crippen LogP contribution >= 0.6 is 0 Å². The van der Waals surface area contributed by atoms with Crippen LogP contribution in [0.3, 0.4) is 0 Å². The summed E-state index contributed by atoms with van der Waals surface area (Å²) in [5.41, 5.74) is 1.83. The third kappa shape index (κ3) is 5.28. The van der Waals surface area contributed by atoms with Gasteiger partial charge in [0.25, 0.3) is 5.91 Å². The number of hydrogen-bond donors (Lipinski definition) is 0. The standard InChI is InChI=1S/C23H21F3N2O4S/c24-23(25,26)16-27(15-20-8-4-12-32-20)22(29)18-7-3-9-21(13-18)33(30,31)28-11-10-17-5-1-2-6-19(17)14-28/h1-9,12-13H,10-11,14-16H2. The first-order valence-electron chi connectivity index (χ1n) is 10.2. The molecule has 0 aliphatic carbocycles. The molecule has 1 aromatic heterocycles. The van der Waals surface area contributed by atoms with E-state index in [0.717, 1.165) is 17.2 Å². The first-order chi connectivity index (χ1) is 15.6. The van der Waals surface area contributed by atoms with Gasteiger partial charge in [0.2, 0.25) is 10.0 Å². The highest BCUT2D eigenvalue weighted by Crippen LogP contribution is 2.26. The number of halogens is 3. The number of sulfonamides is 1. The molecular weight excluding hydrogens is 457 g/mol. The number of alkyl halides is 3. The lowest BCUT2D eigenvalue weighted by atomic mass is 10.0. The molecule has 0 saturated heterocycles. The van der Waals surface area contributed by atoms with Crippen LogP contribution in [0.4, 0.5) is 13.2 Å². The summed E-state index contributed by atoms with van der Waals surface area (Å²) in [6.45, 7) is -1.43. The molecule has 0 radical (unpaired) electrons. The monoisotopic (exact) mass is 478 g/mol. The van der Waals surface area contributed by atoms with Gasteiger partial charge in [-0.05, 0) is 47.9 Å². The van der Waals surface area contributed by atoms with Gasteiger partial charge in [0, 0.05) is 18.7 Å². The van der Waals surface area contributed by atoms with Crippen LogP contribution < -0.4 is 0 Å². The van der Waals surface area contributed by atoms with Gasteiger partial charge in [0.15, 0.2) is 0 Å². The smallest absolute Gasteiger partial charge is 0.406 e. The van der Waals surface area contributed by atoms with Crippen LogP contribution in [0.5, 0.6) is 0 Å². The zero-order chi connectivity index (χ0) is 23.6. The molecule has 1 aliphatic heterocycles. The fourth-order valence-electron chi connectivity index (χ4n) is 3.80. The molecule has 3 aromatic rings. The number of benzene rings is 2. The minimum absolute atomic E-state index is 0.141. The van der Waals surface area contributed by atoms with E-state index in [2.05, 4.69) is 0 Å². The molecule has 0 spiro atoms. The Kier molecular flexibility index (Phi) is 6.31. The molecule has 1 amide bonds. The molecule has 10 heteroatoms. The van der Waals surface area contributed by atoms with E-state index in [4.69, 9.17) is 4.42 Å². The van der Waals surface area contributed by atoms with Crippen molar-refractivity contribution in [1.82, 2.24) is 9.21 Å². The van der Waals surface area contributed by atoms with E-state index < -0.39 is 35.2 Å². The number of rotatable bonds is 6. The van der Waals surface area contributed by atoms with Crippen LogP contribution in [0.15, 0.2) is 76.2 Å². The summed E-state index contributed by atoms with van der Waals surface area (Å²) in [6, 6.07) is 15.6. The lowest BCUT2D eigenvalue weighted by Gasteiger charge is -2.28. The molecule has 33 heavy (non-hydrogen) atoms. The van der Waals surface area contributed by atoms with Crippen LogP contribution in [0, 0.1) is 0 Å². The highest BCUT2D eigenvalue weighted by atomic mass is 32.2. The number of hydrogen-bond acceptors (Lipinski definition) is 4. The van der Waals surface area contributed by atoms with Gasteiger partial charge in [-0.3, -0.25) is 4.79 Å². The highest BCUT2D eigenvalue weighted by molar-refractivity contribution is 7.89. The predicted molar refractivity (Wildman–Crippen MR) is 114 cm³/mol. The van der Waals surface area contributed by atoms with Crippen molar-refractivity contribution in [1.29, 1.82) is 0 Å². The Hall–Kier alpha value is -3.11. The number of carbonyl (C=O) groups is 1. The average molecular weight is 478 g/mol. The van der Waals surface area contributed by atoms with Crippen LogP contribution in [0.2, 0.25) is 0 Å². The van der Waals surface area contributed by atoms with Gasteiger partial charge in [0.1, 0.15) is 12.3 Å².